The molecule has 0 radical (unpaired) electrons. The third-order valence-corrected chi connectivity index (χ3v) is 4.44. The number of amides is 2. The van der Waals surface area contributed by atoms with E-state index in [1.807, 2.05) is 6.92 Å². The highest BCUT2D eigenvalue weighted by atomic mass is 127. The van der Waals surface area contributed by atoms with E-state index in [2.05, 4.69) is 22.2 Å². The van der Waals surface area contributed by atoms with Crippen molar-refractivity contribution >= 4 is 41.8 Å². The van der Waals surface area contributed by atoms with Gasteiger partial charge in [-0.15, -0.1) is 24.0 Å². The predicted octanol–water partition coefficient (Wildman–Crippen LogP) is 1.45. The van der Waals surface area contributed by atoms with Crippen LogP contribution in [0.2, 0.25) is 0 Å². The van der Waals surface area contributed by atoms with Gasteiger partial charge in [0, 0.05) is 41.3 Å². The first-order valence-corrected chi connectivity index (χ1v) is 8.76. The molecule has 7 nitrogen and oxygen atoms in total. The van der Waals surface area contributed by atoms with E-state index >= 15 is 0 Å². The van der Waals surface area contributed by atoms with E-state index in [1.54, 1.807) is 33.1 Å². The molecule has 1 rings (SSSR count). The van der Waals surface area contributed by atoms with E-state index in [0.29, 0.717) is 19.0 Å². The number of hydrogen-bond donors (Lipinski definition) is 2. The Balaban J connectivity index is 0.00000625. The summed E-state index contributed by atoms with van der Waals surface area (Å²) < 4.78 is 0. The Morgan fingerprint density at radius 2 is 1.65 bits per heavy atom. The third kappa shape index (κ3) is 7.51. The zero-order chi connectivity index (χ0) is 19.0. The Morgan fingerprint density at radius 3 is 2.12 bits per heavy atom. The lowest BCUT2D eigenvalue weighted by Crippen LogP contribution is -2.49. The maximum atomic E-state index is 12.7. The number of rotatable bonds is 7. The van der Waals surface area contributed by atoms with Crippen LogP contribution in [0.25, 0.3) is 0 Å². The van der Waals surface area contributed by atoms with Crippen LogP contribution < -0.4 is 10.6 Å². The first-order valence-electron chi connectivity index (χ1n) is 8.76. The number of nitrogens with one attached hydrogen (secondary N) is 2. The number of halogens is 1. The van der Waals surface area contributed by atoms with Gasteiger partial charge in [0.1, 0.15) is 6.54 Å². The van der Waals surface area contributed by atoms with E-state index in [4.69, 9.17) is 0 Å². The second-order valence-corrected chi connectivity index (χ2v) is 7.30. The number of hydrogen-bond acceptors (Lipinski definition) is 3. The molecule has 0 aromatic carbocycles. The SMILES string of the molecule is C=C(C)CNC(=NCC(=O)N(C)C)NCC1(C(=O)N(C)C)CCCC1.I. The van der Waals surface area contributed by atoms with E-state index in [-0.39, 0.29) is 47.8 Å². The fraction of sp³-hybridized carbons (Fsp3) is 0.722. The van der Waals surface area contributed by atoms with Gasteiger partial charge in [-0.1, -0.05) is 25.0 Å². The fourth-order valence-corrected chi connectivity index (χ4v) is 2.94. The van der Waals surface area contributed by atoms with Crippen molar-refractivity contribution in [1.82, 2.24) is 20.4 Å². The lowest BCUT2D eigenvalue weighted by Gasteiger charge is -2.31. The molecule has 150 valence electrons. The number of carbonyl (C=O) groups is 2. The molecule has 1 fully saturated rings. The highest BCUT2D eigenvalue weighted by Gasteiger charge is 2.42. The molecule has 0 saturated heterocycles. The van der Waals surface area contributed by atoms with Crippen LogP contribution in [0.5, 0.6) is 0 Å². The van der Waals surface area contributed by atoms with Crippen LogP contribution in [0.3, 0.4) is 0 Å². The van der Waals surface area contributed by atoms with Crippen LogP contribution in [0.15, 0.2) is 17.1 Å². The largest absolute Gasteiger partial charge is 0.355 e. The molecule has 1 aliphatic carbocycles. The quantitative estimate of drug-likeness (QED) is 0.251. The first-order chi connectivity index (χ1) is 11.7. The predicted molar refractivity (Wildman–Crippen MR) is 117 cm³/mol. The van der Waals surface area contributed by atoms with Crippen molar-refractivity contribution in [3.8, 4) is 0 Å². The first kappa shape index (κ1) is 24.7. The number of aliphatic imine (C=N–C) groups is 1. The van der Waals surface area contributed by atoms with Gasteiger partial charge in [0.2, 0.25) is 11.8 Å². The maximum absolute atomic E-state index is 12.7. The summed E-state index contributed by atoms with van der Waals surface area (Å²) in [6, 6.07) is 0. The molecule has 1 aliphatic rings. The molecule has 8 heteroatoms. The monoisotopic (exact) mass is 479 g/mol. The number of nitrogens with zero attached hydrogens (tertiary/aromatic N) is 3. The zero-order valence-electron chi connectivity index (χ0n) is 16.7. The number of guanidine groups is 1. The summed E-state index contributed by atoms with van der Waals surface area (Å²) in [5, 5.41) is 6.43. The molecule has 0 atom stereocenters. The van der Waals surface area contributed by atoms with Gasteiger partial charge >= 0.3 is 0 Å². The van der Waals surface area contributed by atoms with Gasteiger partial charge in [0.05, 0.1) is 5.41 Å². The van der Waals surface area contributed by atoms with Crippen molar-refractivity contribution in [2.24, 2.45) is 10.4 Å². The molecule has 1 saturated carbocycles. The van der Waals surface area contributed by atoms with Crippen LogP contribution in [0, 0.1) is 5.41 Å². The van der Waals surface area contributed by atoms with Gasteiger partial charge in [0.15, 0.2) is 5.96 Å². The van der Waals surface area contributed by atoms with E-state index < -0.39 is 0 Å². The summed E-state index contributed by atoms with van der Waals surface area (Å²) in [7, 11) is 7.00. The average molecular weight is 479 g/mol. The van der Waals surface area contributed by atoms with Crippen molar-refractivity contribution in [3.05, 3.63) is 12.2 Å². The molecule has 2 amide bonds. The lowest BCUT2D eigenvalue weighted by molar-refractivity contribution is -0.138. The second-order valence-electron chi connectivity index (χ2n) is 7.30. The van der Waals surface area contributed by atoms with Crippen molar-refractivity contribution in [2.75, 3.05) is 47.8 Å². The van der Waals surface area contributed by atoms with Gasteiger partial charge in [0.25, 0.3) is 0 Å². The molecule has 26 heavy (non-hydrogen) atoms. The van der Waals surface area contributed by atoms with Gasteiger partial charge in [-0.05, 0) is 19.8 Å². The molecular weight excluding hydrogens is 445 g/mol. The van der Waals surface area contributed by atoms with Gasteiger partial charge in [-0.2, -0.15) is 0 Å². The molecule has 0 heterocycles. The summed E-state index contributed by atoms with van der Waals surface area (Å²) in [5.74, 6) is 0.619. The van der Waals surface area contributed by atoms with Crippen LogP contribution >= 0.6 is 24.0 Å². The Labute approximate surface area is 174 Å². The summed E-state index contributed by atoms with van der Waals surface area (Å²) >= 11 is 0. The minimum atomic E-state index is -0.388. The van der Waals surface area contributed by atoms with Crippen LogP contribution in [0.4, 0.5) is 0 Å². The Kier molecular flexibility index (Phi) is 10.8. The van der Waals surface area contributed by atoms with E-state index in [1.165, 1.54) is 4.90 Å². The summed E-state index contributed by atoms with van der Waals surface area (Å²) in [4.78, 5) is 32.0. The lowest BCUT2D eigenvalue weighted by atomic mass is 9.84. The summed E-state index contributed by atoms with van der Waals surface area (Å²) in [5.41, 5.74) is 0.578. The molecule has 0 aromatic rings. The molecular formula is C18H34IN5O2. The molecule has 0 bridgehead atoms. The smallest absolute Gasteiger partial charge is 0.243 e. The standard InChI is InChI=1S/C18H33N5O2.HI/c1-14(2)11-19-17(20-12-15(24)22(3)4)21-13-18(9-7-8-10-18)16(25)23(5)6;/h1,7-13H2,2-6H3,(H2,19,20,21);1H. The third-order valence-electron chi connectivity index (χ3n) is 4.44. The van der Waals surface area contributed by atoms with Crippen LogP contribution in [-0.2, 0) is 9.59 Å². The minimum Gasteiger partial charge on any atom is -0.355 e. The highest BCUT2D eigenvalue weighted by molar-refractivity contribution is 14.0. The van der Waals surface area contributed by atoms with Crippen molar-refractivity contribution in [2.45, 2.75) is 32.6 Å². The number of likely N-dealkylation sites (N-methyl/N-ethyl adjacent to an activating group) is 1. The summed E-state index contributed by atoms with van der Waals surface area (Å²) in [6.45, 7) is 6.94. The molecule has 0 aliphatic heterocycles. The second kappa shape index (κ2) is 11.4. The number of carbonyl (C=O) groups excluding carboxylic acids is 2. The van der Waals surface area contributed by atoms with E-state index in [9.17, 15) is 9.59 Å². The Hall–Kier alpha value is -1.32. The van der Waals surface area contributed by atoms with Crippen LogP contribution in [0.1, 0.15) is 32.6 Å². The summed E-state index contributed by atoms with van der Waals surface area (Å²) in [6.07, 6.45) is 3.88. The Morgan fingerprint density at radius 1 is 1.08 bits per heavy atom. The fourth-order valence-electron chi connectivity index (χ4n) is 2.94. The molecule has 0 aromatic heterocycles. The minimum absolute atomic E-state index is 0. The molecule has 2 N–H and O–H groups in total. The van der Waals surface area contributed by atoms with Gasteiger partial charge in [-0.25, -0.2) is 4.99 Å². The molecule has 0 spiro atoms. The van der Waals surface area contributed by atoms with Crippen molar-refractivity contribution < 1.29 is 9.59 Å². The van der Waals surface area contributed by atoms with Gasteiger partial charge < -0.3 is 20.4 Å². The van der Waals surface area contributed by atoms with Gasteiger partial charge in [-0.3, -0.25) is 9.59 Å². The van der Waals surface area contributed by atoms with Crippen molar-refractivity contribution in [1.29, 1.82) is 0 Å². The maximum Gasteiger partial charge on any atom is 0.243 e. The molecule has 0 unspecified atom stereocenters. The highest BCUT2D eigenvalue weighted by Crippen LogP contribution is 2.38. The zero-order valence-corrected chi connectivity index (χ0v) is 19.1. The Bertz CT molecular complexity index is 526. The topological polar surface area (TPSA) is 77.0 Å². The van der Waals surface area contributed by atoms with Crippen molar-refractivity contribution in [3.63, 3.8) is 0 Å². The average Bonchev–Trinajstić information content (AvgIpc) is 3.02. The van der Waals surface area contributed by atoms with E-state index in [0.717, 1.165) is 31.3 Å². The van der Waals surface area contributed by atoms with Crippen LogP contribution in [-0.4, -0.2) is 75.4 Å². The normalized spacial score (nSPS) is 15.7.